The molecule has 5 heteroatoms. The van der Waals surface area contributed by atoms with Gasteiger partial charge >= 0.3 is 0 Å². The maximum absolute atomic E-state index is 7.08. The van der Waals surface area contributed by atoms with Crippen LogP contribution in [-0.2, 0) is 16.8 Å². The summed E-state index contributed by atoms with van der Waals surface area (Å²) in [5, 5.41) is 18.0. The molecule has 0 spiro atoms. The van der Waals surface area contributed by atoms with Crippen LogP contribution >= 0.6 is 0 Å². The van der Waals surface area contributed by atoms with Gasteiger partial charge in [-0.2, -0.15) is 0 Å². The summed E-state index contributed by atoms with van der Waals surface area (Å²) in [5.41, 5.74) is 0. The number of hydrogen-bond acceptors (Lipinski definition) is 2. The van der Waals surface area contributed by atoms with Gasteiger partial charge in [0.1, 0.15) is 0 Å². The summed E-state index contributed by atoms with van der Waals surface area (Å²) in [6.07, 6.45) is 0. The van der Waals surface area contributed by atoms with Crippen molar-refractivity contribution in [1.29, 1.82) is 0 Å². The summed E-state index contributed by atoms with van der Waals surface area (Å²) in [4.78, 5) is 0. The van der Waals surface area contributed by atoms with Crippen molar-refractivity contribution in [3.63, 3.8) is 0 Å². The molecular weight excluding hydrogens is 119 g/mol. The molecule has 1 radical (unpaired) electrons. The fourth-order valence-corrected chi connectivity index (χ4v) is 0. The summed E-state index contributed by atoms with van der Waals surface area (Å²) in [6.45, 7) is 0. The van der Waals surface area contributed by atoms with Gasteiger partial charge in [0.2, 0.25) is 0 Å². The predicted molar refractivity (Wildman–Crippen MR) is 8.43 cm³/mol. The first-order chi connectivity index (χ1) is 1.91. The Morgan fingerprint density at radius 3 is 1.20 bits per heavy atom. The second-order valence-corrected chi connectivity index (χ2v) is 0.179. The van der Waals surface area contributed by atoms with Gasteiger partial charge in [-0.15, -0.1) is 0 Å². The van der Waals surface area contributed by atoms with Crippen LogP contribution < -0.4 is 0 Å². The smallest absolute Gasteiger partial charge is 0.0606 e. The minimum atomic E-state index is 0. The predicted octanol–water partition coefficient (Wildman–Crippen LogP) is 0.215. The Bertz CT molecular complexity index is 22.8. The fraction of sp³-hybridized carbons (Fsp3) is 0. The van der Waals surface area contributed by atoms with Crippen molar-refractivity contribution in [2.24, 2.45) is 10.6 Å². The van der Waals surface area contributed by atoms with Crippen LogP contribution in [0.3, 0.4) is 0 Å². The molecule has 0 aromatic rings. The number of rotatable bonds is 0. The van der Waals surface area contributed by atoms with Crippen molar-refractivity contribution in [2.45, 2.75) is 0 Å². The molecule has 0 aliphatic carbocycles. The van der Waals surface area contributed by atoms with Crippen LogP contribution in [0.1, 0.15) is 0 Å². The van der Waals surface area contributed by atoms with E-state index in [4.69, 9.17) is 10.4 Å². The molecule has 0 aliphatic rings. The minimum absolute atomic E-state index is 0. The third kappa shape index (κ3) is 21.6. The topological polar surface area (TPSA) is 65.2 Å². The SMILES string of the molecule is ON=NO.[Co]. The third-order valence-electron chi connectivity index (χ3n) is 0.0400. The molecule has 0 atom stereocenters. The van der Waals surface area contributed by atoms with Gasteiger partial charge in [0.25, 0.3) is 0 Å². The van der Waals surface area contributed by atoms with E-state index >= 15 is 0 Å². The normalized spacial score (nSPS) is 7.20. The van der Waals surface area contributed by atoms with Gasteiger partial charge in [0.05, 0.1) is 10.6 Å². The van der Waals surface area contributed by atoms with Gasteiger partial charge in [0, 0.05) is 16.8 Å². The van der Waals surface area contributed by atoms with Crippen molar-refractivity contribution in [3.8, 4) is 0 Å². The molecule has 0 saturated heterocycles. The Labute approximate surface area is 38.6 Å². The zero-order valence-corrected chi connectivity index (χ0v) is 3.16. The van der Waals surface area contributed by atoms with Crippen molar-refractivity contribution >= 4 is 0 Å². The molecule has 0 aromatic heterocycles. The van der Waals surface area contributed by atoms with E-state index in [9.17, 15) is 0 Å². The molecular formula is H2CoN2O2. The fourth-order valence-electron chi connectivity index (χ4n) is 0. The Morgan fingerprint density at radius 1 is 1.00 bits per heavy atom. The Hall–Kier alpha value is -0.294. The molecule has 2 N–H and O–H groups in total. The van der Waals surface area contributed by atoms with Gasteiger partial charge < -0.3 is 10.4 Å². The molecule has 0 saturated carbocycles. The van der Waals surface area contributed by atoms with E-state index in [0.717, 1.165) is 0 Å². The number of hydrogen-bond donors (Lipinski definition) is 2. The van der Waals surface area contributed by atoms with Crippen LogP contribution in [-0.4, -0.2) is 10.4 Å². The first kappa shape index (κ1) is 8.83. The van der Waals surface area contributed by atoms with Gasteiger partial charge in [-0.05, 0) is 0 Å². The van der Waals surface area contributed by atoms with Crippen LogP contribution in [0.15, 0.2) is 10.6 Å². The summed E-state index contributed by atoms with van der Waals surface area (Å²) < 4.78 is 0. The maximum atomic E-state index is 7.08. The van der Waals surface area contributed by atoms with Crippen molar-refractivity contribution in [3.05, 3.63) is 0 Å². The van der Waals surface area contributed by atoms with E-state index in [1.54, 1.807) is 0 Å². The van der Waals surface area contributed by atoms with E-state index in [-0.39, 0.29) is 16.8 Å². The maximum Gasteiger partial charge on any atom is 0.0606 e. The molecule has 0 unspecified atom stereocenters. The van der Waals surface area contributed by atoms with E-state index in [1.165, 1.54) is 0 Å². The van der Waals surface area contributed by atoms with Crippen LogP contribution in [0, 0.1) is 0 Å². The summed E-state index contributed by atoms with van der Waals surface area (Å²) in [5.74, 6) is 0. The largest absolute Gasteiger partial charge is 0.392 e. The molecule has 0 fully saturated rings. The van der Waals surface area contributed by atoms with Crippen LogP contribution in [0.2, 0.25) is 0 Å². The first-order valence-electron chi connectivity index (χ1n) is 0.600. The van der Waals surface area contributed by atoms with Gasteiger partial charge in [-0.1, -0.05) is 0 Å². The van der Waals surface area contributed by atoms with E-state index in [0.29, 0.717) is 0 Å². The molecule has 0 heterocycles. The summed E-state index contributed by atoms with van der Waals surface area (Å²) >= 11 is 0. The van der Waals surface area contributed by atoms with Crippen molar-refractivity contribution < 1.29 is 27.2 Å². The van der Waals surface area contributed by atoms with Gasteiger partial charge in [0.15, 0.2) is 0 Å². The second kappa shape index (κ2) is 9.32. The Kier molecular flexibility index (Phi) is 16.5. The van der Waals surface area contributed by atoms with Crippen LogP contribution in [0.4, 0.5) is 0 Å². The zero-order valence-electron chi connectivity index (χ0n) is 2.12. The average molecular weight is 121 g/mol. The third-order valence-corrected chi connectivity index (χ3v) is 0.0400. The average Bonchev–Trinajstić information content (AvgIpc) is 1.37. The van der Waals surface area contributed by atoms with E-state index in [1.807, 2.05) is 10.6 Å². The molecule has 0 rings (SSSR count). The number of nitrogens with zero attached hydrogens (tertiary/aromatic N) is 2. The van der Waals surface area contributed by atoms with Gasteiger partial charge in [-0.3, -0.25) is 0 Å². The molecule has 5 heavy (non-hydrogen) atoms. The zero-order chi connectivity index (χ0) is 3.41. The molecule has 0 bridgehead atoms. The standard InChI is InChI=1S/Co.H2N2O2/c;3-1-2-4/h;(H,1,4)(H,2,3). The quantitative estimate of drug-likeness (QED) is 0.355. The minimum Gasteiger partial charge on any atom is -0.392 e. The van der Waals surface area contributed by atoms with E-state index < -0.39 is 0 Å². The second-order valence-electron chi connectivity index (χ2n) is 0.179. The van der Waals surface area contributed by atoms with Crippen molar-refractivity contribution in [2.75, 3.05) is 0 Å². The van der Waals surface area contributed by atoms with E-state index in [2.05, 4.69) is 0 Å². The molecule has 0 aromatic carbocycles. The Balaban J connectivity index is 0. The van der Waals surface area contributed by atoms with Gasteiger partial charge in [-0.25, -0.2) is 0 Å². The monoisotopic (exact) mass is 121 g/mol. The van der Waals surface area contributed by atoms with Crippen LogP contribution in [0.25, 0.3) is 0 Å². The summed E-state index contributed by atoms with van der Waals surface area (Å²) in [7, 11) is 0. The first-order valence-corrected chi connectivity index (χ1v) is 0.600. The molecule has 4 nitrogen and oxygen atoms in total. The molecule has 0 amide bonds. The van der Waals surface area contributed by atoms with Crippen molar-refractivity contribution in [1.82, 2.24) is 0 Å². The van der Waals surface area contributed by atoms with Crippen LogP contribution in [0.5, 0.6) is 0 Å². The molecule has 0 aliphatic heterocycles. The molecule has 33 valence electrons. The Morgan fingerprint density at radius 2 is 1.20 bits per heavy atom. The summed E-state index contributed by atoms with van der Waals surface area (Å²) in [6, 6.07) is 0.